The van der Waals surface area contributed by atoms with Crippen LogP contribution in [0.15, 0.2) is 72.5 Å². The van der Waals surface area contributed by atoms with Gasteiger partial charge in [-0.3, -0.25) is 4.79 Å². The Morgan fingerprint density at radius 2 is 1.55 bits per heavy atom. The van der Waals surface area contributed by atoms with Gasteiger partial charge in [-0.15, -0.1) is 0 Å². The Kier molecular flexibility index (Phi) is 7.69. The fourth-order valence-corrected chi connectivity index (χ4v) is 4.48. The minimum Gasteiger partial charge on any atom is -0.378 e. The predicted molar refractivity (Wildman–Crippen MR) is 140 cm³/mol. The number of aromatic nitrogens is 2. The average Bonchev–Trinajstić information content (AvgIpc) is 3.02. The lowest BCUT2D eigenvalue weighted by Crippen LogP contribution is -2.13. The highest BCUT2D eigenvalue weighted by Crippen LogP contribution is 2.39. The largest absolute Gasteiger partial charge is 0.416 e. The van der Waals surface area contributed by atoms with E-state index in [1.165, 1.54) is 12.1 Å². The van der Waals surface area contributed by atoms with E-state index < -0.39 is 29.4 Å². The number of alkyl halides is 6. The number of aryl methyl sites for hydroxylation is 1. The third-order valence-corrected chi connectivity index (χ3v) is 6.46. The van der Waals surface area contributed by atoms with E-state index in [-0.39, 0.29) is 29.6 Å². The van der Waals surface area contributed by atoms with Crippen LogP contribution in [0.25, 0.3) is 17.0 Å². The van der Waals surface area contributed by atoms with Crippen molar-refractivity contribution in [1.29, 1.82) is 0 Å². The van der Waals surface area contributed by atoms with Crippen LogP contribution >= 0.6 is 0 Å². The number of halogens is 6. The van der Waals surface area contributed by atoms with Gasteiger partial charge in [0, 0.05) is 37.5 Å². The summed E-state index contributed by atoms with van der Waals surface area (Å²) in [6, 6.07) is 7.71. The Labute approximate surface area is 226 Å². The molecule has 1 aliphatic rings. The van der Waals surface area contributed by atoms with Gasteiger partial charge in [0.15, 0.2) is 0 Å². The Bertz CT molecular complexity index is 1490. The maximum Gasteiger partial charge on any atom is 0.416 e. The van der Waals surface area contributed by atoms with E-state index >= 15 is 0 Å². The predicted octanol–water partition coefficient (Wildman–Crippen LogP) is 6.83. The second-order valence-corrected chi connectivity index (χ2v) is 9.56. The van der Waals surface area contributed by atoms with Crippen LogP contribution in [0.3, 0.4) is 0 Å². The number of amides is 1. The summed E-state index contributed by atoms with van der Waals surface area (Å²) in [5.74, 6) is -0.685. The Balaban J connectivity index is 1.93. The summed E-state index contributed by atoms with van der Waals surface area (Å²) >= 11 is 0. The molecule has 40 heavy (non-hydrogen) atoms. The summed E-state index contributed by atoms with van der Waals surface area (Å²) < 4.78 is 83.6. The first-order valence-electron chi connectivity index (χ1n) is 12.2. The van der Waals surface area contributed by atoms with Crippen molar-refractivity contribution < 1.29 is 31.1 Å². The van der Waals surface area contributed by atoms with Gasteiger partial charge in [-0.1, -0.05) is 30.4 Å². The van der Waals surface area contributed by atoms with E-state index in [4.69, 9.17) is 5.73 Å². The van der Waals surface area contributed by atoms with Crippen LogP contribution in [-0.4, -0.2) is 34.5 Å². The smallest absolute Gasteiger partial charge is 0.378 e. The molecule has 1 heterocycles. The van der Waals surface area contributed by atoms with Gasteiger partial charge in [0.1, 0.15) is 5.82 Å². The van der Waals surface area contributed by atoms with Crippen LogP contribution in [-0.2, 0) is 18.9 Å². The molecule has 0 radical (unpaired) electrons. The number of nitrogens with two attached hydrogens (primary N) is 1. The van der Waals surface area contributed by atoms with E-state index in [0.717, 1.165) is 5.70 Å². The summed E-state index contributed by atoms with van der Waals surface area (Å²) in [7, 11) is 3.77. The van der Waals surface area contributed by atoms with Crippen LogP contribution in [0.1, 0.15) is 44.9 Å². The van der Waals surface area contributed by atoms with Crippen LogP contribution in [0.4, 0.5) is 26.3 Å². The zero-order valence-electron chi connectivity index (χ0n) is 21.9. The lowest BCUT2D eigenvalue weighted by Gasteiger charge is -2.17. The van der Waals surface area contributed by atoms with Crippen molar-refractivity contribution >= 4 is 11.5 Å². The number of imidazole rings is 1. The molecular formula is C29H26F6N4O. The molecule has 0 aliphatic heterocycles. The highest BCUT2D eigenvalue weighted by atomic mass is 19.4. The number of likely N-dealkylation sites (N-methyl/N-ethyl adjacent to an activating group) is 1. The van der Waals surface area contributed by atoms with E-state index in [2.05, 4.69) is 4.98 Å². The SMILES string of the molecule is Cc1nc(-c2cc(C(F)(F)F)cc(C(F)(F)F)c2)n(Cc2ccc(C(N)=O)cc2)c1C1=CCC=C(N(C)C)C=C1. The monoisotopic (exact) mass is 560 g/mol. The first-order valence-corrected chi connectivity index (χ1v) is 12.2. The Morgan fingerprint density at radius 1 is 0.950 bits per heavy atom. The first kappa shape index (κ1) is 28.7. The van der Waals surface area contributed by atoms with Crippen molar-refractivity contribution in [3.05, 3.63) is 106 Å². The van der Waals surface area contributed by atoms with Gasteiger partial charge in [-0.2, -0.15) is 26.3 Å². The lowest BCUT2D eigenvalue weighted by molar-refractivity contribution is -0.143. The molecule has 2 aromatic carbocycles. The average molecular weight is 561 g/mol. The molecule has 1 aromatic heterocycles. The molecule has 3 aromatic rings. The number of nitrogens with zero attached hydrogens (tertiary/aromatic N) is 3. The van der Waals surface area contributed by atoms with E-state index in [1.807, 2.05) is 43.3 Å². The molecule has 0 fully saturated rings. The third-order valence-electron chi connectivity index (χ3n) is 6.46. The van der Waals surface area contributed by atoms with Gasteiger partial charge in [0.2, 0.25) is 5.91 Å². The molecule has 0 saturated carbocycles. The van der Waals surface area contributed by atoms with Crippen molar-refractivity contribution in [2.24, 2.45) is 5.73 Å². The topological polar surface area (TPSA) is 64.2 Å². The fourth-order valence-electron chi connectivity index (χ4n) is 4.48. The van der Waals surface area contributed by atoms with Crippen molar-refractivity contribution in [2.75, 3.05) is 14.1 Å². The van der Waals surface area contributed by atoms with Crippen molar-refractivity contribution in [1.82, 2.24) is 14.5 Å². The van der Waals surface area contributed by atoms with Crippen molar-refractivity contribution in [3.63, 3.8) is 0 Å². The number of rotatable bonds is 6. The van der Waals surface area contributed by atoms with Crippen molar-refractivity contribution in [3.8, 4) is 11.4 Å². The summed E-state index contributed by atoms with van der Waals surface area (Å²) in [5.41, 5.74) is 5.67. The van der Waals surface area contributed by atoms with Crippen molar-refractivity contribution in [2.45, 2.75) is 32.2 Å². The molecule has 5 nitrogen and oxygen atoms in total. The van der Waals surface area contributed by atoms with Crippen LogP contribution in [0.5, 0.6) is 0 Å². The van der Waals surface area contributed by atoms with Crippen LogP contribution in [0, 0.1) is 6.92 Å². The molecule has 4 rings (SSSR count). The number of allylic oxidation sites excluding steroid dienone is 5. The van der Waals surface area contributed by atoms with Gasteiger partial charge >= 0.3 is 12.4 Å². The fraction of sp³-hybridized carbons (Fsp3) is 0.241. The third kappa shape index (κ3) is 6.13. The van der Waals surface area contributed by atoms with Gasteiger partial charge in [-0.25, -0.2) is 4.98 Å². The van der Waals surface area contributed by atoms with E-state index in [9.17, 15) is 31.1 Å². The molecule has 11 heteroatoms. The molecule has 0 spiro atoms. The molecule has 1 aliphatic carbocycles. The minimum absolute atomic E-state index is 0.0533. The van der Waals surface area contributed by atoms with E-state index in [0.29, 0.717) is 41.1 Å². The summed E-state index contributed by atoms with van der Waals surface area (Å²) in [5, 5.41) is 0. The van der Waals surface area contributed by atoms with Gasteiger partial charge in [0.05, 0.1) is 22.5 Å². The maximum atomic E-state index is 13.7. The summed E-state index contributed by atoms with van der Waals surface area (Å²) in [4.78, 5) is 17.9. The highest BCUT2D eigenvalue weighted by Gasteiger charge is 2.37. The first-order chi connectivity index (χ1) is 18.6. The summed E-state index contributed by atoms with van der Waals surface area (Å²) in [6.07, 6.45) is -1.83. The zero-order valence-corrected chi connectivity index (χ0v) is 21.9. The van der Waals surface area contributed by atoms with Gasteiger partial charge < -0.3 is 15.2 Å². The Hall–Kier alpha value is -4.28. The molecule has 2 N–H and O–H groups in total. The maximum absolute atomic E-state index is 13.7. The number of carbonyl (C=O) groups is 1. The standard InChI is InChI=1S/C29H26F6N4O/c1-17-25(19-5-4-6-24(12-11-19)38(2)3)39(16-18-7-9-20(10-8-18)26(36)40)27(37-17)21-13-22(28(30,31)32)15-23(14-21)29(33,34)35/h5-15H,4,16H2,1-3H3,(H2,36,40). The van der Waals surface area contributed by atoms with Crippen LogP contribution < -0.4 is 5.73 Å². The number of carbonyl (C=O) groups excluding carboxylic acids is 1. The quantitative estimate of drug-likeness (QED) is 0.336. The lowest BCUT2D eigenvalue weighted by atomic mass is 10.0. The Morgan fingerprint density at radius 3 is 2.08 bits per heavy atom. The molecule has 0 unspecified atom stereocenters. The molecule has 0 saturated heterocycles. The second-order valence-electron chi connectivity index (χ2n) is 9.56. The van der Waals surface area contributed by atoms with Gasteiger partial charge in [-0.05, 0) is 60.9 Å². The van der Waals surface area contributed by atoms with Gasteiger partial charge in [0.25, 0.3) is 0 Å². The molecule has 210 valence electrons. The highest BCUT2D eigenvalue weighted by molar-refractivity contribution is 5.92. The second kappa shape index (κ2) is 10.7. The normalized spacial score (nSPS) is 14.0. The number of hydrogen-bond donors (Lipinski definition) is 1. The summed E-state index contributed by atoms with van der Waals surface area (Å²) in [6.45, 7) is 1.71. The number of primary amides is 1. The molecule has 0 atom stereocenters. The zero-order chi connectivity index (χ0) is 29.4. The number of hydrogen-bond acceptors (Lipinski definition) is 3. The minimum atomic E-state index is -5.00. The molecule has 1 amide bonds. The molecular weight excluding hydrogens is 534 g/mol. The molecule has 0 bridgehead atoms. The van der Waals surface area contributed by atoms with E-state index in [1.54, 1.807) is 23.6 Å². The van der Waals surface area contributed by atoms with Crippen LogP contribution in [0.2, 0.25) is 0 Å². The number of benzene rings is 2.